The van der Waals surface area contributed by atoms with Crippen molar-refractivity contribution in [1.29, 1.82) is 0 Å². The number of aryl methyl sites for hydroxylation is 2. The number of guanidine groups is 1. The van der Waals surface area contributed by atoms with E-state index in [2.05, 4.69) is 25.8 Å². The SMILES string of the molecule is CCNC(=NCc1nnc(C)n1C)NCCCc1ccc(Cl)cc1Cl.I. The lowest BCUT2D eigenvalue weighted by molar-refractivity contribution is 0.730. The zero-order chi connectivity index (χ0) is 18.2. The molecule has 0 saturated heterocycles. The number of rotatable bonds is 7. The van der Waals surface area contributed by atoms with Crippen molar-refractivity contribution >= 4 is 53.1 Å². The monoisotopic (exact) mass is 510 g/mol. The Bertz CT molecular complexity index is 732. The molecule has 1 heterocycles. The van der Waals surface area contributed by atoms with E-state index >= 15 is 0 Å². The van der Waals surface area contributed by atoms with Crippen LogP contribution in [0.25, 0.3) is 0 Å². The third-order valence-electron chi connectivity index (χ3n) is 3.84. The number of hydrogen-bond donors (Lipinski definition) is 2. The topological polar surface area (TPSA) is 67.1 Å². The van der Waals surface area contributed by atoms with Crippen molar-refractivity contribution in [1.82, 2.24) is 25.4 Å². The van der Waals surface area contributed by atoms with Crippen molar-refractivity contribution in [2.24, 2.45) is 12.0 Å². The van der Waals surface area contributed by atoms with E-state index in [4.69, 9.17) is 23.2 Å². The van der Waals surface area contributed by atoms with Gasteiger partial charge in [0.25, 0.3) is 0 Å². The van der Waals surface area contributed by atoms with Gasteiger partial charge >= 0.3 is 0 Å². The molecule has 2 rings (SSSR count). The molecule has 0 radical (unpaired) electrons. The van der Waals surface area contributed by atoms with Gasteiger partial charge in [-0.2, -0.15) is 0 Å². The van der Waals surface area contributed by atoms with Crippen molar-refractivity contribution in [2.75, 3.05) is 13.1 Å². The maximum atomic E-state index is 6.20. The molecule has 0 saturated carbocycles. The fraction of sp³-hybridized carbons (Fsp3) is 0.471. The van der Waals surface area contributed by atoms with Crippen molar-refractivity contribution < 1.29 is 0 Å². The van der Waals surface area contributed by atoms with Crippen molar-refractivity contribution in [2.45, 2.75) is 33.2 Å². The van der Waals surface area contributed by atoms with E-state index in [1.165, 1.54) is 0 Å². The van der Waals surface area contributed by atoms with Gasteiger partial charge in [-0.1, -0.05) is 29.3 Å². The van der Waals surface area contributed by atoms with E-state index in [9.17, 15) is 0 Å². The van der Waals surface area contributed by atoms with Crippen LogP contribution in [-0.4, -0.2) is 33.8 Å². The number of aromatic nitrogens is 3. The summed E-state index contributed by atoms with van der Waals surface area (Å²) in [4.78, 5) is 4.56. The summed E-state index contributed by atoms with van der Waals surface area (Å²) in [5, 5.41) is 16.1. The molecule has 144 valence electrons. The van der Waals surface area contributed by atoms with Crippen LogP contribution in [0.3, 0.4) is 0 Å². The minimum absolute atomic E-state index is 0. The number of nitrogens with one attached hydrogen (secondary N) is 2. The summed E-state index contributed by atoms with van der Waals surface area (Å²) in [6, 6.07) is 5.62. The summed E-state index contributed by atoms with van der Waals surface area (Å²) in [7, 11) is 1.94. The maximum absolute atomic E-state index is 6.20. The van der Waals surface area contributed by atoms with Gasteiger partial charge in [0.05, 0.1) is 0 Å². The van der Waals surface area contributed by atoms with Crippen LogP contribution in [0.4, 0.5) is 0 Å². The second-order valence-corrected chi connectivity index (χ2v) is 6.53. The van der Waals surface area contributed by atoms with Crippen molar-refractivity contribution in [3.05, 3.63) is 45.5 Å². The van der Waals surface area contributed by atoms with Gasteiger partial charge in [-0.3, -0.25) is 0 Å². The molecule has 26 heavy (non-hydrogen) atoms. The Morgan fingerprint density at radius 2 is 2.00 bits per heavy atom. The van der Waals surface area contributed by atoms with E-state index < -0.39 is 0 Å². The molecule has 0 amide bonds. The van der Waals surface area contributed by atoms with Gasteiger partial charge in [-0.05, 0) is 44.4 Å². The molecule has 0 aliphatic carbocycles. The molecular weight excluding hydrogens is 486 g/mol. The molecule has 1 aromatic heterocycles. The summed E-state index contributed by atoms with van der Waals surface area (Å²) in [5.41, 5.74) is 1.10. The molecule has 2 N–H and O–H groups in total. The Kier molecular flexibility index (Phi) is 10.3. The Morgan fingerprint density at radius 3 is 2.62 bits per heavy atom. The molecule has 0 unspecified atom stereocenters. The van der Waals surface area contributed by atoms with Gasteiger partial charge in [-0.15, -0.1) is 34.2 Å². The van der Waals surface area contributed by atoms with E-state index in [0.29, 0.717) is 16.6 Å². The van der Waals surface area contributed by atoms with Crippen LogP contribution >= 0.6 is 47.2 Å². The largest absolute Gasteiger partial charge is 0.357 e. The normalized spacial score (nSPS) is 11.2. The molecule has 2 aromatic rings. The molecule has 9 heteroatoms. The summed E-state index contributed by atoms with van der Waals surface area (Å²) >= 11 is 12.1. The van der Waals surface area contributed by atoms with E-state index in [1.54, 1.807) is 6.07 Å². The Morgan fingerprint density at radius 1 is 1.23 bits per heavy atom. The van der Waals surface area contributed by atoms with Crippen LogP contribution in [-0.2, 0) is 20.0 Å². The van der Waals surface area contributed by atoms with Gasteiger partial charge in [0.1, 0.15) is 12.4 Å². The molecule has 0 spiro atoms. The maximum Gasteiger partial charge on any atom is 0.191 e. The minimum atomic E-state index is 0. The van der Waals surface area contributed by atoms with Crippen molar-refractivity contribution in [3.8, 4) is 0 Å². The van der Waals surface area contributed by atoms with Crippen LogP contribution in [0.1, 0.15) is 30.6 Å². The lowest BCUT2D eigenvalue weighted by Gasteiger charge is -2.11. The average Bonchev–Trinajstić information content (AvgIpc) is 2.90. The van der Waals surface area contributed by atoms with Crippen LogP contribution in [0.2, 0.25) is 10.0 Å². The highest BCUT2D eigenvalue weighted by molar-refractivity contribution is 14.0. The summed E-state index contributed by atoms with van der Waals surface area (Å²) in [5.74, 6) is 2.48. The first-order chi connectivity index (χ1) is 12.0. The first kappa shape index (κ1) is 23.0. The number of aliphatic imine (C=N–C) groups is 1. The lowest BCUT2D eigenvalue weighted by atomic mass is 10.1. The fourth-order valence-corrected chi connectivity index (χ4v) is 2.79. The number of halogens is 3. The average molecular weight is 511 g/mol. The predicted octanol–water partition coefficient (Wildman–Crippen LogP) is 3.74. The number of benzene rings is 1. The highest BCUT2D eigenvalue weighted by Gasteiger charge is 2.05. The summed E-state index contributed by atoms with van der Waals surface area (Å²) < 4.78 is 1.94. The van der Waals surface area contributed by atoms with Gasteiger partial charge in [0.15, 0.2) is 11.8 Å². The Balaban J connectivity index is 0.00000338. The third kappa shape index (κ3) is 6.92. The van der Waals surface area contributed by atoms with Gasteiger partial charge in [-0.25, -0.2) is 4.99 Å². The number of hydrogen-bond acceptors (Lipinski definition) is 3. The predicted molar refractivity (Wildman–Crippen MR) is 119 cm³/mol. The fourth-order valence-electron chi connectivity index (χ4n) is 2.29. The first-order valence-electron chi connectivity index (χ1n) is 8.32. The third-order valence-corrected chi connectivity index (χ3v) is 4.42. The lowest BCUT2D eigenvalue weighted by Crippen LogP contribution is -2.38. The van der Waals surface area contributed by atoms with Crippen LogP contribution < -0.4 is 10.6 Å². The molecule has 0 aliphatic heterocycles. The highest BCUT2D eigenvalue weighted by Crippen LogP contribution is 2.21. The quantitative estimate of drug-likeness (QED) is 0.258. The van der Waals surface area contributed by atoms with Crippen LogP contribution in [0.5, 0.6) is 0 Å². The zero-order valence-corrected chi connectivity index (χ0v) is 19.1. The molecular formula is C17H25Cl2IN6. The smallest absolute Gasteiger partial charge is 0.191 e. The van der Waals surface area contributed by atoms with Crippen molar-refractivity contribution in [3.63, 3.8) is 0 Å². The minimum Gasteiger partial charge on any atom is -0.357 e. The molecule has 0 aliphatic rings. The Hall–Kier alpha value is -1.06. The molecule has 1 aromatic carbocycles. The summed E-state index contributed by atoms with van der Waals surface area (Å²) in [6.45, 7) is 6.04. The van der Waals surface area contributed by atoms with Gasteiger partial charge < -0.3 is 15.2 Å². The van der Waals surface area contributed by atoms with Crippen LogP contribution in [0, 0.1) is 6.92 Å². The van der Waals surface area contributed by atoms with Gasteiger partial charge in [0.2, 0.25) is 0 Å². The van der Waals surface area contributed by atoms with E-state index in [1.807, 2.05) is 37.6 Å². The standard InChI is InChI=1S/C17H24Cl2N6.HI/c1-4-20-17(22-11-16-24-23-12(2)25(16)3)21-9-5-6-13-7-8-14(18)10-15(13)19;/h7-8,10H,4-6,9,11H2,1-3H3,(H2,20,21,22);1H. The molecule has 6 nitrogen and oxygen atoms in total. The number of nitrogens with zero attached hydrogens (tertiary/aromatic N) is 4. The Labute approximate surface area is 181 Å². The molecule has 0 bridgehead atoms. The second-order valence-electron chi connectivity index (χ2n) is 5.68. The zero-order valence-electron chi connectivity index (χ0n) is 15.2. The summed E-state index contributed by atoms with van der Waals surface area (Å²) in [6.07, 6.45) is 1.82. The molecule has 0 atom stereocenters. The second kappa shape index (κ2) is 11.6. The van der Waals surface area contributed by atoms with E-state index in [-0.39, 0.29) is 24.0 Å². The van der Waals surface area contributed by atoms with Crippen LogP contribution in [0.15, 0.2) is 23.2 Å². The molecule has 0 fully saturated rings. The van der Waals surface area contributed by atoms with Gasteiger partial charge in [0, 0.05) is 30.2 Å². The highest BCUT2D eigenvalue weighted by atomic mass is 127. The first-order valence-corrected chi connectivity index (χ1v) is 9.07. The van der Waals surface area contributed by atoms with E-state index in [0.717, 1.165) is 49.1 Å².